The summed E-state index contributed by atoms with van der Waals surface area (Å²) in [7, 11) is 1.52. The number of carbonyl (C=O) groups excluding carboxylic acids is 1. The Morgan fingerprint density at radius 3 is 3.06 bits per heavy atom. The molecule has 3 atom stereocenters. The van der Waals surface area contributed by atoms with Crippen LogP contribution in [0.2, 0.25) is 0 Å². The van der Waals surface area contributed by atoms with E-state index in [1.54, 1.807) is 11.3 Å². The largest absolute Gasteiger partial charge is 0.341 e. The second-order valence-electron chi connectivity index (χ2n) is 4.16. The van der Waals surface area contributed by atoms with Crippen LogP contribution < -0.4 is 5.32 Å². The van der Waals surface area contributed by atoms with Crippen molar-refractivity contribution in [1.82, 2.24) is 10.4 Å². The first kappa shape index (κ1) is 11.4. The number of nitrogens with one attached hydrogen (secondary N) is 1. The van der Waals surface area contributed by atoms with Gasteiger partial charge >= 0.3 is 6.03 Å². The zero-order chi connectivity index (χ0) is 11.7. The summed E-state index contributed by atoms with van der Waals surface area (Å²) in [6, 6.07) is 3.58. The minimum absolute atomic E-state index is 0.132. The minimum atomic E-state index is -0.440. The molecule has 0 radical (unpaired) electrons. The standard InChI is InChI=1S/C11H16N2O2S/c1-7(13(15)11(14)12-2)8-6-9(8)10-4-3-5-16-10/h3-5,7-9,15H,6H2,1-2H3,(H,12,14). The van der Waals surface area contributed by atoms with Gasteiger partial charge in [0.05, 0.1) is 6.04 Å². The van der Waals surface area contributed by atoms with E-state index in [4.69, 9.17) is 0 Å². The van der Waals surface area contributed by atoms with Gasteiger partial charge in [0.2, 0.25) is 0 Å². The number of nitrogens with zero attached hydrogens (tertiary/aromatic N) is 1. The third kappa shape index (κ3) is 2.05. The molecule has 0 spiro atoms. The van der Waals surface area contributed by atoms with Gasteiger partial charge < -0.3 is 5.32 Å². The fourth-order valence-corrected chi connectivity index (χ4v) is 2.98. The molecule has 0 bridgehead atoms. The van der Waals surface area contributed by atoms with Gasteiger partial charge in [-0.1, -0.05) is 6.07 Å². The van der Waals surface area contributed by atoms with Crippen molar-refractivity contribution in [1.29, 1.82) is 0 Å². The van der Waals surface area contributed by atoms with Crippen LogP contribution in [0.5, 0.6) is 0 Å². The van der Waals surface area contributed by atoms with Gasteiger partial charge in [0, 0.05) is 11.9 Å². The first-order valence-corrected chi connectivity index (χ1v) is 6.26. The zero-order valence-corrected chi connectivity index (χ0v) is 10.2. The van der Waals surface area contributed by atoms with Crippen LogP contribution in [0, 0.1) is 5.92 Å². The van der Waals surface area contributed by atoms with Gasteiger partial charge in [0.15, 0.2) is 0 Å². The number of hydroxylamine groups is 2. The summed E-state index contributed by atoms with van der Waals surface area (Å²) in [4.78, 5) is 12.6. The second kappa shape index (κ2) is 4.43. The average molecular weight is 240 g/mol. The Labute approximate surface area is 98.8 Å². The number of rotatable bonds is 3. The SMILES string of the molecule is CNC(=O)N(O)C(C)C1CC1c1cccs1. The van der Waals surface area contributed by atoms with E-state index in [1.807, 2.05) is 13.0 Å². The predicted molar refractivity (Wildman–Crippen MR) is 62.7 cm³/mol. The zero-order valence-electron chi connectivity index (χ0n) is 9.38. The number of urea groups is 1. The van der Waals surface area contributed by atoms with E-state index in [0.29, 0.717) is 11.8 Å². The fourth-order valence-electron chi connectivity index (χ4n) is 2.06. The molecule has 2 amide bonds. The molecule has 16 heavy (non-hydrogen) atoms. The summed E-state index contributed by atoms with van der Waals surface area (Å²) in [6.07, 6.45) is 1.05. The van der Waals surface area contributed by atoms with Crippen LogP contribution in [0.4, 0.5) is 4.79 Å². The molecule has 0 aromatic carbocycles. The lowest BCUT2D eigenvalue weighted by molar-refractivity contribution is -0.0787. The molecule has 4 nitrogen and oxygen atoms in total. The third-order valence-corrected chi connectivity index (χ3v) is 4.18. The summed E-state index contributed by atoms with van der Waals surface area (Å²) < 4.78 is 0. The van der Waals surface area contributed by atoms with Gasteiger partial charge in [-0.05, 0) is 36.6 Å². The summed E-state index contributed by atoms with van der Waals surface area (Å²) in [5.41, 5.74) is 0. The number of carbonyl (C=O) groups is 1. The molecule has 1 aromatic heterocycles. The summed E-state index contributed by atoms with van der Waals surface area (Å²) in [6.45, 7) is 1.88. The smallest absolute Gasteiger partial charge is 0.339 e. The molecule has 1 aliphatic carbocycles. The Bertz CT molecular complexity index is 366. The third-order valence-electron chi connectivity index (χ3n) is 3.18. The van der Waals surface area contributed by atoms with Crippen molar-refractivity contribution >= 4 is 17.4 Å². The van der Waals surface area contributed by atoms with Crippen LogP contribution in [0.15, 0.2) is 17.5 Å². The second-order valence-corrected chi connectivity index (χ2v) is 5.14. The van der Waals surface area contributed by atoms with Crippen molar-refractivity contribution in [2.45, 2.75) is 25.3 Å². The average Bonchev–Trinajstić information content (AvgIpc) is 2.92. The first-order valence-electron chi connectivity index (χ1n) is 5.38. The Balaban J connectivity index is 1.94. The highest BCUT2D eigenvalue weighted by Crippen LogP contribution is 2.51. The minimum Gasteiger partial charge on any atom is -0.339 e. The monoisotopic (exact) mass is 240 g/mol. The van der Waals surface area contributed by atoms with Gasteiger partial charge in [-0.25, -0.2) is 9.86 Å². The maximum Gasteiger partial charge on any atom is 0.341 e. The normalized spacial score (nSPS) is 24.9. The molecule has 0 aliphatic heterocycles. The maximum atomic E-state index is 11.2. The van der Waals surface area contributed by atoms with E-state index in [2.05, 4.69) is 16.8 Å². The molecule has 1 saturated carbocycles. The van der Waals surface area contributed by atoms with E-state index in [0.717, 1.165) is 11.5 Å². The van der Waals surface area contributed by atoms with E-state index in [-0.39, 0.29) is 6.04 Å². The van der Waals surface area contributed by atoms with Crippen LogP contribution in [-0.4, -0.2) is 29.4 Å². The molecule has 1 fully saturated rings. The molecular formula is C11H16N2O2S. The van der Waals surface area contributed by atoms with Gasteiger partial charge in [-0.3, -0.25) is 5.21 Å². The van der Waals surface area contributed by atoms with Crippen LogP contribution in [0.3, 0.4) is 0 Å². The van der Waals surface area contributed by atoms with Crippen molar-refractivity contribution in [3.63, 3.8) is 0 Å². The molecule has 3 unspecified atom stereocenters. The molecule has 5 heteroatoms. The molecule has 0 saturated heterocycles. The summed E-state index contributed by atoms with van der Waals surface area (Å²) in [5.74, 6) is 0.884. The lowest BCUT2D eigenvalue weighted by atomic mass is 10.1. The Hall–Kier alpha value is -1.07. The summed E-state index contributed by atoms with van der Waals surface area (Å²) in [5, 5.41) is 14.9. The predicted octanol–water partition coefficient (Wildman–Crippen LogP) is 2.27. The van der Waals surface area contributed by atoms with E-state index in [9.17, 15) is 10.0 Å². The molecule has 1 aliphatic rings. The highest BCUT2D eigenvalue weighted by atomic mass is 32.1. The molecule has 1 aromatic rings. The van der Waals surface area contributed by atoms with Crippen molar-refractivity contribution in [3.05, 3.63) is 22.4 Å². The van der Waals surface area contributed by atoms with E-state index in [1.165, 1.54) is 11.9 Å². The van der Waals surface area contributed by atoms with Crippen molar-refractivity contribution in [3.8, 4) is 0 Å². The Morgan fingerprint density at radius 2 is 2.50 bits per heavy atom. The number of hydrogen-bond acceptors (Lipinski definition) is 3. The fraction of sp³-hybridized carbons (Fsp3) is 0.545. The van der Waals surface area contributed by atoms with Crippen molar-refractivity contribution < 1.29 is 10.0 Å². The van der Waals surface area contributed by atoms with Gasteiger partial charge in [-0.15, -0.1) is 11.3 Å². The number of amides is 2. The van der Waals surface area contributed by atoms with Crippen molar-refractivity contribution in [2.75, 3.05) is 7.05 Å². The van der Waals surface area contributed by atoms with Crippen LogP contribution >= 0.6 is 11.3 Å². The van der Waals surface area contributed by atoms with Gasteiger partial charge in [0.25, 0.3) is 0 Å². The number of thiophene rings is 1. The van der Waals surface area contributed by atoms with E-state index >= 15 is 0 Å². The quantitative estimate of drug-likeness (QED) is 0.629. The lowest BCUT2D eigenvalue weighted by Gasteiger charge is -2.22. The molecule has 2 rings (SSSR count). The molecule has 1 heterocycles. The lowest BCUT2D eigenvalue weighted by Crippen LogP contribution is -2.42. The van der Waals surface area contributed by atoms with Crippen LogP contribution in [-0.2, 0) is 0 Å². The molecule has 2 N–H and O–H groups in total. The topological polar surface area (TPSA) is 52.6 Å². The first-order chi connectivity index (χ1) is 7.65. The molecule has 88 valence electrons. The Morgan fingerprint density at radius 1 is 1.75 bits per heavy atom. The van der Waals surface area contributed by atoms with Crippen molar-refractivity contribution in [2.24, 2.45) is 5.92 Å². The van der Waals surface area contributed by atoms with Crippen LogP contribution in [0.1, 0.15) is 24.1 Å². The van der Waals surface area contributed by atoms with E-state index < -0.39 is 6.03 Å². The van der Waals surface area contributed by atoms with Gasteiger partial charge in [-0.2, -0.15) is 0 Å². The Kier molecular flexibility index (Phi) is 3.16. The van der Waals surface area contributed by atoms with Crippen LogP contribution in [0.25, 0.3) is 0 Å². The highest BCUT2D eigenvalue weighted by Gasteiger charge is 2.45. The summed E-state index contributed by atoms with van der Waals surface area (Å²) >= 11 is 1.74. The molecular weight excluding hydrogens is 224 g/mol. The maximum absolute atomic E-state index is 11.2. The number of hydrogen-bond donors (Lipinski definition) is 2. The highest BCUT2D eigenvalue weighted by molar-refractivity contribution is 7.10. The van der Waals surface area contributed by atoms with Gasteiger partial charge in [0.1, 0.15) is 0 Å².